The van der Waals surface area contributed by atoms with Crippen molar-refractivity contribution in [2.24, 2.45) is 5.41 Å². The van der Waals surface area contributed by atoms with Crippen LogP contribution in [0.4, 0.5) is 18.9 Å². The van der Waals surface area contributed by atoms with Crippen molar-refractivity contribution in [1.29, 1.82) is 0 Å². The molecule has 0 radical (unpaired) electrons. The molecule has 0 aliphatic heterocycles. The van der Waals surface area contributed by atoms with E-state index in [1.54, 1.807) is 0 Å². The Labute approximate surface area is 131 Å². The van der Waals surface area contributed by atoms with E-state index in [1.807, 2.05) is 0 Å². The summed E-state index contributed by atoms with van der Waals surface area (Å²) in [5, 5.41) is 13.4. The molecule has 0 saturated heterocycles. The van der Waals surface area contributed by atoms with Crippen LogP contribution in [-0.4, -0.2) is 11.9 Å². The highest BCUT2D eigenvalue weighted by molar-refractivity contribution is 5.91. The van der Waals surface area contributed by atoms with E-state index in [0.717, 1.165) is 25.0 Å². The summed E-state index contributed by atoms with van der Waals surface area (Å²) in [4.78, 5) is 23.0. The minimum absolute atomic E-state index is 0.0298. The second-order valence-electron chi connectivity index (χ2n) is 6.06. The maximum atomic E-state index is 12.5. The van der Waals surface area contributed by atoms with E-state index in [-0.39, 0.29) is 18.5 Å². The second kappa shape index (κ2) is 6.60. The molecule has 4 nitrogen and oxygen atoms in total. The molecular weight excluding hydrogens is 311 g/mol. The molecule has 0 spiro atoms. The summed E-state index contributed by atoms with van der Waals surface area (Å²) >= 11 is 0. The molecule has 0 heterocycles. The highest BCUT2D eigenvalue weighted by atomic mass is 19.4. The third kappa shape index (κ3) is 4.71. The van der Waals surface area contributed by atoms with Crippen molar-refractivity contribution in [3.8, 4) is 0 Å². The van der Waals surface area contributed by atoms with Crippen LogP contribution in [0.3, 0.4) is 0 Å². The zero-order valence-corrected chi connectivity index (χ0v) is 12.4. The smallest absolute Gasteiger partial charge is 0.416 e. The number of carboxylic acid groups (broad SMARTS) is 1. The number of halogens is 3. The number of benzene rings is 1. The first-order chi connectivity index (χ1) is 10.7. The van der Waals surface area contributed by atoms with Crippen LogP contribution in [0.5, 0.6) is 0 Å². The molecule has 1 aliphatic carbocycles. The number of hydrogen-bond donors (Lipinski definition) is 1. The van der Waals surface area contributed by atoms with E-state index in [4.69, 9.17) is 0 Å². The number of hydrogen-bond acceptors (Lipinski definition) is 3. The Morgan fingerprint density at radius 1 is 1.09 bits per heavy atom. The van der Waals surface area contributed by atoms with Crippen LogP contribution in [0.15, 0.2) is 24.3 Å². The molecule has 1 fully saturated rings. The molecule has 0 unspecified atom stereocenters. The van der Waals surface area contributed by atoms with Gasteiger partial charge in [0.2, 0.25) is 5.91 Å². The predicted molar refractivity (Wildman–Crippen MR) is 75.2 cm³/mol. The molecule has 2 rings (SSSR count). The maximum Gasteiger partial charge on any atom is 0.416 e. The van der Waals surface area contributed by atoms with Gasteiger partial charge in [-0.2, -0.15) is 13.2 Å². The van der Waals surface area contributed by atoms with Gasteiger partial charge in [0.15, 0.2) is 0 Å². The van der Waals surface area contributed by atoms with Gasteiger partial charge < -0.3 is 15.2 Å². The Morgan fingerprint density at radius 3 is 2.13 bits per heavy atom. The maximum absolute atomic E-state index is 12.5. The fourth-order valence-electron chi connectivity index (χ4n) is 3.14. The number of nitrogens with one attached hydrogen (secondary N) is 1. The predicted octanol–water partition coefficient (Wildman–Crippen LogP) is 2.73. The summed E-state index contributed by atoms with van der Waals surface area (Å²) in [6.07, 6.45) is -1.56. The van der Waals surface area contributed by atoms with Crippen molar-refractivity contribution in [2.45, 2.75) is 44.7 Å². The summed E-state index contributed by atoms with van der Waals surface area (Å²) in [6.45, 7) is 0. The number of aliphatic carboxylic acids is 1. The van der Waals surface area contributed by atoms with Crippen molar-refractivity contribution in [3.63, 3.8) is 0 Å². The van der Waals surface area contributed by atoms with Crippen molar-refractivity contribution in [3.05, 3.63) is 29.8 Å². The third-order valence-corrected chi connectivity index (χ3v) is 4.22. The largest absolute Gasteiger partial charge is 0.550 e. The number of carbonyl (C=O) groups excluding carboxylic acids is 2. The molecule has 1 N–H and O–H groups in total. The molecular formula is C16H17F3NO3-. The first kappa shape index (κ1) is 17.3. The van der Waals surface area contributed by atoms with Gasteiger partial charge in [-0.3, -0.25) is 4.79 Å². The monoisotopic (exact) mass is 328 g/mol. The Bertz CT molecular complexity index is 575. The van der Waals surface area contributed by atoms with Crippen LogP contribution in [0.25, 0.3) is 0 Å². The quantitative estimate of drug-likeness (QED) is 0.903. The van der Waals surface area contributed by atoms with Gasteiger partial charge in [0.05, 0.1) is 5.56 Å². The normalized spacial score (nSPS) is 17.0. The first-order valence-corrected chi connectivity index (χ1v) is 7.37. The minimum Gasteiger partial charge on any atom is -0.550 e. The fourth-order valence-corrected chi connectivity index (χ4v) is 3.14. The zero-order valence-electron chi connectivity index (χ0n) is 12.4. The Kier molecular flexibility index (Phi) is 4.97. The van der Waals surface area contributed by atoms with Gasteiger partial charge in [-0.05, 0) is 48.9 Å². The zero-order chi connectivity index (χ0) is 17.1. The van der Waals surface area contributed by atoms with Crippen LogP contribution in [0, 0.1) is 5.41 Å². The van der Waals surface area contributed by atoms with Crippen molar-refractivity contribution >= 4 is 17.6 Å². The molecule has 126 valence electrons. The van der Waals surface area contributed by atoms with Crippen molar-refractivity contribution in [2.75, 3.05) is 5.32 Å². The Hall–Kier alpha value is -2.05. The van der Waals surface area contributed by atoms with Crippen LogP contribution in [0.2, 0.25) is 0 Å². The summed E-state index contributed by atoms with van der Waals surface area (Å²) in [7, 11) is 0. The summed E-state index contributed by atoms with van der Waals surface area (Å²) in [5.74, 6) is -1.58. The first-order valence-electron chi connectivity index (χ1n) is 7.37. The van der Waals surface area contributed by atoms with E-state index >= 15 is 0 Å². The van der Waals surface area contributed by atoms with Crippen LogP contribution in [0.1, 0.15) is 44.1 Å². The average Bonchev–Trinajstić information content (AvgIpc) is 2.85. The van der Waals surface area contributed by atoms with Crippen LogP contribution in [-0.2, 0) is 15.8 Å². The molecule has 1 saturated carbocycles. The van der Waals surface area contributed by atoms with E-state index in [9.17, 15) is 27.9 Å². The highest BCUT2D eigenvalue weighted by Crippen LogP contribution is 2.44. The SMILES string of the molecule is O=C([O-])CC1(CC(=O)Nc2ccc(C(F)(F)F)cc2)CCCC1. The van der Waals surface area contributed by atoms with Gasteiger partial charge in [0.25, 0.3) is 0 Å². The molecule has 7 heteroatoms. The molecule has 0 atom stereocenters. The Morgan fingerprint density at radius 2 is 1.65 bits per heavy atom. The lowest BCUT2D eigenvalue weighted by molar-refractivity contribution is -0.308. The van der Waals surface area contributed by atoms with Gasteiger partial charge in [-0.25, -0.2) is 0 Å². The number of amides is 1. The summed E-state index contributed by atoms with van der Waals surface area (Å²) in [6, 6.07) is 4.14. The number of anilines is 1. The lowest BCUT2D eigenvalue weighted by Crippen LogP contribution is -2.33. The van der Waals surface area contributed by atoms with Gasteiger partial charge in [-0.15, -0.1) is 0 Å². The van der Waals surface area contributed by atoms with Crippen molar-refractivity contribution in [1.82, 2.24) is 0 Å². The van der Waals surface area contributed by atoms with Gasteiger partial charge >= 0.3 is 6.18 Å². The molecule has 1 aromatic carbocycles. The Balaban J connectivity index is 1.99. The second-order valence-corrected chi connectivity index (χ2v) is 6.06. The topological polar surface area (TPSA) is 69.2 Å². The fraction of sp³-hybridized carbons (Fsp3) is 0.500. The lowest BCUT2D eigenvalue weighted by Gasteiger charge is -2.28. The molecule has 1 aliphatic rings. The van der Waals surface area contributed by atoms with E-state index in [0.29, 0.717) is 12.8 Å². The summed E-state index contributed by atoms with van der Waals surface area (Å²) < 4.78 is 37.4. The van der Waals surface area contributed by atoms with E-state index in [2.05, 4.69) is 5.32 Å². The van der Waals surface area contributed by atoms with Gasteiger partial charge in [0.1, 0.15) is 0 Å². The minimum atomic E-state index is -4.43. The number of alkyl halides is 3. The molecule has 0 aromatic heterocycles. The van der Waals surface area contributed by atoms with Crippen LogP contribution < -0.4 is 10.4 Å². The highest BCUT2D eigenvalue weighted by Gasteiger charge is 2.36. The van der Waals surface area contributed by atoms with E-state index in [1.165, 1.54) is 12.1 Å². The number of carboxylic acids is 1. The average molecular weight is 328 g/mol. The van der Waals surface area contributed by atoms with Crippen LogP contribution >= 0.6 is 0 Å². The van der Waals surface area contributed by atoms with Gasteiger partial charge in [-0.1, -0.05) is 12.8 Å². The molecule has 1 aromatic rings. The van der Waals surface area contributed by atoms with Gasteiger partial charge in [0, 0.05) is 18.1 Å². The third-order valence-electron chi connectivity index (χ3n) is 4.22. The summed E-state index contributed by atoms with van der Waals surface area (Å²) in [5.41, 5.74) is -1.14. The lowest BCUT2D eigenvalue weighted by atomic mass is 9.79. The number of carbonyl (C=O) groups is 2. The van der Waals surface area contributed by atoms with Crippen molar-refractivity contribution < 1.29 is 27.9 Å². The van der Waals surface area contributed by atoms with E-state index < -0.39 is 29.0 Å². The molecule has 23 heavy (non-hydrogen) atoms. The molecule has 1 amide bonds. The number of rotatable bonds is 5. The standard InChI is InChI=1S/C16H18F3NO3/c17-16(18,19)11-3-5-12(6-4-11)20-13(21)9-15(10-14(22)23)7-1-2-8-15/h3-6H,1-2,7-10H2,(H,20,21)(H,22,23)/p-1. The molecule has 0 bridgehead atoms.